The molecule has 2 aromatic heterocycles. The highest BCUT2D eigenvalue weighted by molar-refractivity contribution is 9.09. The highest BCUT2D eigenvalue weighted by Gasteiger charge is 2.26. The number of fused-ring (bicyclic) bond motifs is 1. The Morgan fingerprint density at radius 2 is 2.44 bits per heavy atom. The summed E-state index contributed by atoms with van der Waals surface area (Å²) in [6.07, 6.45) is 7.81. The number of rotatable bonds is 2. The topological polar surface area (TPSA) is 46.3 Å². The normalized spacial score (nSPS) is 20.8. The molecule has 2 aromatic rings. The van der Waals surface area contributed by atoms with Crippen molar-refractivity contribution in [2.45, 2.75) is 18.9 Å². The molecule has 0 amide bonds. The quantitative estimate of drug-likeness (QED) is 0.783. The highest BCUT2D eigenvalue weighted by atomic mass is 79.9. The van der Waals surface area contributed by atoms with E-state index in [0.717, 1.165) is 23.3 Å². The molecule has 0 radical (unpaired) electrons. The van der Waals surface area contributed by atoms with Crippen LogP contribution in [0.1, 0.15) is 12.8 Å². The van der Waals surface area contributed by atoms with Crippen molar-refractivity contribution in [1.29, 1.82) is 0 Å². The van der Waals surface area contributed by atoms with Crippen LogP contribution in [0.3, 0.4) is 0 Å². The molecule has 1 saturated heterocycles. The monoisotopic (exact) mass is 281 g/mol. The van der Waals surface area contributed by atoms with Gasteiger partial charge in [0.15, 0.2) is 5.82 Å². The van der Waals surface area contributed by atoms with Crippen molar-refractivity contribution in [3.05, 3.63) is 18.7 Å². The Kier molecular flexibility index (Phi) is 2.51. The number of halogens is 1. The Morgan fingerprint density at radius 3 is 3.31 bits per heavy atom. The van der Waals surface area contributed by atoms with Gasteiger partial charge in [-0.15, -0.1) is 10.2 Å². The minimum atomic E-state index is 0.524. The molecule has 16 heavy (non-hydrogen) atoms. The summed E-state index contributed by atoms with van der Waals surface area (Å²) < 4.78 is 1.91. The van der Waals surface area contributed by atoms with Gasteiger partial charge in [-0.25, -0.2) is 4.98 Å². The molecule has 1 aliphatic heterocycles. The maximum atomic E-state index is 4.44. The molecular formula is C10H12BrN5. The van der Waals surface area contributed by atoms with Gasteiger partial charge in [0, 0.05) is 30.3 Å². The molecule has 0 saturated carbocycles. The van der Waals surface area contributed by atoms with E-state index in [4.69, 9.17) is 0 Å². The molecule has 84 valence electrons. The molecule has 1 unspecified atom stereocenters. The van der Waals surface area contributed by atoms with Crippen LogP contribution in [0.2, 0.25) is 0 Å². The summed E-state index contributed by atoms with van der Waals surface area (Å²) in [5.74, 6) is 0.946. The molecule has 1 fully saturated rings. The summed E-state index contributed by atoms with van der Waals surface area (Å²) in [5.41, 5.74) is 0.843. The van der Waals surface area contributed by atoms with Crippen molar-refractivity contribution in [2.75, 3.05) is 16.8 Å². The summed E-state index contributed by atoms with van der Waals surface area (Å²) >= 11 is 3.56. The van der Waals surface area contributed by atoms with E-state index in [-0.39, 0.29) is 0 Å². The van der Waals surface area contributed by atoms with Gasteiger partial charge >= 0.3 is 0 Å². The van der Waals surface area contributed by atoms with E-state index in [1.165, 1.54) is 12.8 Å². The number of hydrogen-bond acceptors (Lipinski definition) is 4. The maximum absolute atomic E-state index is 4.44. The van der Waals surface area contributed by atoms with Gasteiger partial charge < -0.3 is 4.90 Å². The second kappa shape index (κ2) is 4.01. The second-order valence-corrected chi connectivity index (χ2v) is 4.60. The van der Waals surface area contributed by atoms with Crippen molar-refractivity contribution in [3.63, 3.8) is 0 Å². The molecule has 1 atom stereocenters. The van der Waals surface area contributed by atoms with Gasteiger partial charge in [0.25, 0.3) is 0 Å². The first kappa shape index (κ1) is 10.0. The summed E-state index contributed by atoms with van der Waals surface area (Å²) in [5, 5.41) is 9.02. The summed E-state index contributed by atoms with van der Waals surface area (Å²) in [4.78, 5) is 6.76. The zero-order valence-corrected chi connectivity index (χ0v) is 10.3. The van der Waals surface area contributed by atoms with Gasteiger partial charge in [0.2, 0.25) is 5.65 Å². The summed E-state index contributed by atoms with van der Waals surface area (Å²) in [7, 11) is 0. The van der Waals surface area contributed by atoms with Crippen LogP contribution in [0.5, 0.6) is 0 Å². The van der Waals surface area contributed by atoms with E-state index < -0.39 is 0 Å². The number of hydrogen-bond donors (Lipinski definition) is 0. The van der Waals surface area contributed by atoms with E-state index in [9.17, 15) is 0 Å². The van der Waals surface area contributed by atoms with Crippen molar-refractivity contribution in [2.24, 2.45) is 0 Å². The third kappa shape index (κ3) is 1.48. The zero-order chi connectivity index (χ0) is 11.0. The van der Waals surface area contributed by atoms with Crippen LogP contribution in [-0.4, -0.2) is 37.5 Å². The lowest BCUT2D eigenvalue weighted by molar-refractivity contribution is 0.741. The third-order valence-corrected chi connectivity index (χ3v) is 3.77. The standard InChI is InChI=1S/C10H12BrN5/c11-6-8-2-1-4-16(8)9-10-14-13-7-15(10)5-3-12-9/h3,5,7-8H,1-2,4,6H2. The molecule has 3 rings (SSSR count). The van der Waals surface area contributed by atoms with E-state index in [1.54, 1.807) is 12.5 Å². The molecule has 0 N–H and O–H groups in total. The second-order valence-electron chi connectivity index (χ2n) is 3.96. The predicted molar refractivity (Wildman–Crippen MR) is 64.9 cm³/mol. The molecule has 6 heteroatoms. The van der Waals surface area contributed by atoms with Crippen LogP contribution in [0.4, 0.5) is 5.82 Å². The average molecular weight is 282 g/mol. The third-order valence-electron chi connectivity index (χ3n) is 3.02. The molecule has 3 heterocycles. The first-order chi connectivity index (χ1) is 7.90. The fourth-order valence-corrected chi connectivity index (χ4v) is 2.90. The predicted octanol–water partition coefficient (Wildman–Crippen LogP) is 1.49. The summed E-state index contributed by atoms with van der Waals surface area (Å²) in [6, 6.07) is 0.524. The molecule has 0 aromatic carbocycles. The lowest BCUT2D eigenvalue weighted by Gasteiger charge is -2.23. The Bertz CT molecular complexity index is 497. The average Bonchev–Trinajstić information content (AvgIpc) is 2.96. The van der Waals surface area contributed by atoms with Gasteiger partial charge in [0.1, 0.15) is 6.33 Å². The fourth-order valence-electron chi connectivity index (χ4n) is 2.22. The van der Waals surface area contributed by atoms with Crippen LogP contribution < -0.4 is 4.90 Å². The molecule has 0 spiro atoms. The minimum absolute atomic E-state index is 0.524. The first-order valence-corrected chi connectivity index (χ1v) is 6.49. The van der Waals surface area contributed by atoms with Gasteiger partial charge in [-0.05, 0) is 12.8 Å². The Morgan fingerprint density at radius 1 is 1.50 bits per heavy atom. The molecule has 1 aliphatic rings. The smallest absolute Gasteiger partial charge is 0.203 e. The van der Waals surface area contributed by atoms with E-state index in [2.05, 4.69) is 36.0 Å². The zero-order valence-electron chi connectivity index (χ0n) is 8.75. The lowest BCUT2D eigenvalue weighted by atomic mass is 10.2. The van der Waals surface area contributed by atoms with Crippen molar-refractivity contribution < 1.29 is 0 Å². The van der Waals surface area contributed by atoms with E-state index >= 15 is 0 Å². The van der Waals surface area contributed by atoms with Gasteiger partial charge in [-0.1, -0.05) is 15.9 Å². The molecule has 5 nitrogen and oxygen atoms in total. The van der Waals surface area contributed by atoms with Crippen molar-refractivity contribution in [3.8, 4) is 0 Å². The Labute approximate surface area is 102 Å². The Hall–Kier alpha value is -1.17. The number of alkyl halides is 1. The maximum Gasteiger partial charge on any atom is 0.203 e. The minimum Gasteiger partial charge on any atom is -0.350 e. The number of anilines is 1. The fraction of sp³-hybridized carbons (Fsp3) is 0.500. The molecule has 0 bridgehead atoms. The number of nitrogens with zero attached hydrogens (tertiary/aromatic N) is 5. The SMILES string of the molecule is BrCC1CCCN1c1nccn2cnnc12. The van der Waals surface area contributed by atoms with Gasteiger partial charge in [-0.3, -0.25) is 4.40 Å². The van der Waals surface area contributed by atoms with Crippen molar-refractivity contribution in [1.82, 2.24) is 19.6 Å². The largest absolute Gasteiger partial charge is 0.350 e. The molecule has 0 aliphatic carbocycles. The van der Waals surface area contributed by atoms with E-state index in [0.29, 0.717) is 6.04 Å². The van der Waals surface area contributed by atoms with Crippen molar-refractivity contribution >= 4 is 27.4 Å². The lowest BCUT2D eigenvalue weighted by Crippen LogP contribution is -2.31. The van der Waals surface area contributed by atoms with Crippen LogP contribution in [0.25, 0.3) is 5.65 Å². The van der Waals surface area contributed by atoms with Crippen LogP contribution in [0, 0.1) is 0 Å². The van der Waals surface area contributed by atoms with Gasteiger partial charge in [0.05, 0.1) is 0 Å². The van der Waals surface area contributed by atoms with Gasteiger partial charge in [-0.2, -0.15) is 0 Å². The van der Waals surface area contributed by atoms with Crippen LogP contribution >= 0.6 is 15.9 Å². The van der Waals surface area contributed by atoms with Crippen LogP contribution in [-0.2, 0) is 0 Å². The highest BCUT2D eigenvalue weighted by Crippen LogP contribution is 2.26. The Balaban J connectivity index is 2.07. The van der Waals surface area contributed by atoms with E-state index in [1.807, 2.05) is 10.6 Å². The summed E-state index contributed by atoms with van der Waals surface area (Å²) in [6.45, 7) is 1.05. The molecular weight excluding hydrogens is 270 g/mol. The first-order valence-electron chi connectivity index (χ1n) is 5.37. The number of aromatic nitrogens is 4. The van der Waals surface area contributed by atoms with Crippen LogP contribution in [0.15, 0.2) is 18.7 Å².